The van der Waals surface area contributed by atoms with E-state index in [0.29, 0.717) is 16.9 Å². The standard InChI is InChI=1S/C12H17N5O4S/c1-2-22-12(20)8-6(18)7(19)11(21-8)17-4-16-5-9(13)14-3-15-10(5)17/h3-4,6-8,11-12,18-20H,2H2,1H3,(H2,13,14,15)/t6-,7+,8-,11+,12?/m0/s1. The lowest BCUT2D eigenvalue weighted by atomic mass is 10.1. The highest BCUT2D eigenvalue weighted by molar-refractivity contribution is 7.99. The number of nitrogens with zero attached hydrogens (tertiary/aromatic N) is 4. The number of aromatic nitrogens is 4. The number of hydrogen-bond acceptors (Lipinski definition) is 9. The summed E-state index contributed by atoms with van der Waals surface area (Å²) in [7, 11) is 0. The number of aliphatic hydroxyl groups is 3. The topological polar surface area (TPSA) is 140 Å². The van der Waals surface area contributed by atoms with Gasteiger partial charge in [0, 0.05) is 0 Å². The molecular weight excluding hydrogens is 310 g/mol. The maximum Gasteiger partial charge on any atom is 0.167 e. The molecule has 5 atom stereocenters. The second-order valence-electron chi connectivity index (χ2n) is 4.90. The molecule has 120 valence electrons. The first-order chi connectivity index (χ1) is 10.5. The van der Waals surface area contributed by atoms with Crippen molar-refractivity contribution < 1.29 is 20.1 Å². The Morgan fingerprint density at radius 3 is 2.86 bits per heavy atom. The van der Waals surface area contributed by atoms with E-state index in [1.807, 2.05) is 6.92 Å². The molecule has 3 rings (SSSR count). The van der Waals surface area contributed by atoms with E-state index in [1.54, 1.807) is 0 Å². The first kappa shape index (κ1) is 15.4. The van der Waals surface area contributed by atoms with Gasteiger partial charge in [0.15, 0.2) is 17.7 Å². The van der Waals surface area contributed by atoms with Crippen LogP contribution in [0.1, 0.15) is 13.2 Å². The summed E-state index contributed by atoms with van der Waals surface area (Å²) in [5.41, 5.74) is 5.57. The van der Waals surface area contributed by atoms with Gasteiger partial charge in [-0.05, 0) is 5.75 Å². The summed E-state index contributed by atoms with van der Waals surface area (Å²) in [6.07, 6.45) is -1.54. The van der Waals surface area contributed by atoms with Crippen LogP contribution in [0.5, 0.6) is 0 Å². The Morgan fingerprint density at radius 1 is 1.36 bits per heavy atom. The van der Waals surface area contributed by atoms with Crippen molar-refractivity contribution in [3.05, 3.63) is 12.7 Å². The van der Waals surface area contributed by atoms with E-state index < -0.39 is 30.0 Å². The van der Waals surface area contributed by atoms with Crippen LogP contribution in [-0.4, -0.2) is 64.3 Å². The number of nitrogen functional groups attached to an aromatic ring is 1. The Balaban J connectivity index is 1.92. The van der Waals surface area contributed by atoms with Crippen molar-refractivity contribution in [1.82, 2.24) is 19.5 Å². The molecule has 1 unspecified atom stereocenters. The van der Waals surface area contributed by atoms with Crippen molar-refractivity contribution >= 4 is 28.7 Å². The van der Waals surface area contributed by atoms with Crippen LogP contribution in [0, 0.1) is 0 Å². The lowest BCUT2D eigenvalue weighted by Gasteiger charge is -2.19. The number of nitrogens with two attached hydrogens (primary N) is 1. The zero-order valence-electron chi connectivity index (χ0n) is 11.8. The molecular formula is C12H17N5O4S. The second kappa shape index (κ2) is 5.97. The van der Waals surface area contributed by atoms with Gasteiger partial charge in [-0.1, -0.05) is 6.92 Å². The summed E-state index contributed by atoms with van der Waals surface area (Å²) in [5.74, 6) is 0.877. The molecule has 2 aromatic heterocycles. The van der Waals surface area contributed by atoms with Crippen LogP contribution in [0.25, 0.3) is 11.2 Å². The Kier molecular flexibility index (Phi) is 4.19. The first-order valence-corrected chi connectivity index (χ1v) is 7.83. The molecule has 0 spiro atoms. The Hall–Kier alpha value is -1.46. The van der Waals surface area contributed by atoms with E-state index in [2.05, 4.69) is 15.0 Å². The first-order valence-electron chi connectivity index (χ1n) is 6.78. The van der Waals surface area contributed by atoms with Gasteiger partial charge in [-0.3, -0.25) is 4.57 Å². The predicted octanol–water partition coefficient (Wildman–Crippen LogP) is -0.901. The second-order valence-corrected chi connectivity index (χ2v) is 6.29. The van der Waals surface area contributed by atoms with Gasteiger partial charge in [0.05, 0.1) is 6.33 Å². The summed E-state index contributed by atoms with van der Waals surface area (Å²) >= 11 is 1.23. The summed E-state index contributed by atoms with van der Waals surface area (Å²) in [4.78, 5) is 12.0. The van der Waals surface area contributed by atoms with Crippen molar-refractivity contribution in [3.63, 3.8) is 0 Å². The van der Waals surface area contributed by atoms with Crippen molar-refractivity contribution in [2.24, 2.45) is 0 Å². The molecule has 2 aromatic rings. The average molecular weight is 327 g/mol. The van der Waals surface area contributed by atoms with E-state index in [4.69, 9.17) is 10.5 Å². The molecule has 0 aromatic carbocycles. The molecule has 0 saturated carbocycles. The fourth-order valence-corrected chi connectivity index (χ4v) is 3.23. The van der Waals surface area contributed by atoms with E-state index in [1.165, 1.54) is 29.0 Å². The SMILES string of the molecule is CCSC(O)[C@H]1O[C@@H](n2cnc3c(N)ncnc32)[C@H](O)[C@@H]1O. The monoisotopic (exact) mass is 327 g/mol. The maximum absolute atomic E-state index is 10.2. The normalized spacial score (nSPS) is 30.0. The predicted molar refractivity (Wildman–Crippen MR) is 79.8 cm³/mol. The highest BCUT2D eigenvalue weighted by atomic mass is 32.2. The van der Waals surface area contributed by atoms with Crippen LogP contribution in [0.4, 0.5) is 5.82 Å². The maximum atomic E-state index is 10.2. The van der Waals surface area contributed by atoms with E-state index in [9.17, 15) is 15.3 Å². The molecule has 9 nitrogen and oxygen atoms in total. The van der Waals surface area contributed by atoms with Crippen LogP contribution in [0.15, 0.2) is 12.7 Å². The van der Waals surface area contributed by atoms with Gasteiger partial charge in [0.1, 0.15) is 35.6 Å². The molecule has 1 fully saturated rings. The molecule has 1 saturated heterocycles. The van der Waals surface area contributed by atoms with Crippen molar-refractivity contribution in [1.29, 1.82) is 0 Å². The van der Waals surface area contributed by atoms with Gasteiger partial charge in [0.25, 0.3) is 0 Å². The van der Waals surface area contributed by atoms with Crippen LogP contribution in [-0.2, 0) is 4.74 Å². The Bertz CT molecular complexity index is 668. The lowest BCUT2D eigenvalue weighted by Crippen LogP contribution is -2.37. The number of ether oxygens (including phenoxy) is 1. The molecule has 3 heterocycles. The van der Waals surface area contributed by atoms with Crippen molar-refractivity contribution in [2.45, 2.75) is 36.9 Å². The Labute approximate surface area is 130 Å². The quantitative estimate of drug-likeness (QED) is 0.526. The largest absolute Gasteiger partial charge is 0.387 e. The highest BCUT2D eigenvalue weighted by Crippen LogP contribution is 2.35. The zero-order chi connectivity index (χ0) is 15.9. The van der Waals surface area contributed by atoms with Gasteiger partial charge in [-0.25, -0.2) is 15.0 Å². The number of rotatable bonds is 4. The van der Waals surface area contributed by atoms with Gasteiger partial charge in [0.2, 0.25) is 0 Å². The number of hydrogen-bond donors (Lipinski definition) is 4. The molecule has 0 amide bonds. The zero-order valence-corrected chi connectivity index (χ0v) is 12.6. The lowest BCUT2D eigenvalue weighted by molar-refractivity contribution is -0.0594. The fourth-order valence-electron chi connectivity index (χ4n) is 2.47. The van der Waals surface area contributed by atoms with Crippen LogP contribution in [0.2, 0.25) is 0 Å². The molecule has 1 aliphatic heterocycles. The number of fused-ring (bicyclic) bond motifs is 1. The fraction of sp³-hybridized carbons (Fsp3) is 0.583. The van der Waals surface area contributed by atoms with Crippen LogP contribution >= 0.6 is 11.8 Å². The van der Waals surface area contributed by atoms with Gasteiger partial charge < -0.3 is 25.8 Å². The molecule has 22 heavy (non-hydrogen) atoms. The van der Waals surface area contributed by atoms with Crippen LogP contribution in [0.3, 0.4) is 0 Å². The highest BCUT2D eigenvalue weighted by Gasteiger charge is 2.47. The minimum atomic E-state index is -1.22. The third kappa shape index (κ3) is 2.42. The number of aliphatic hydroxyl groups excluding tert-OH is 3. The van der Waals surface area contributed by atoms with Crippen molar-refractivity contribution in [3.8, 4) is 0 Å². The number of thioether (sulfide) groups is 1. The van der Waals surface area contributed by atoms with E-state index >= 15 is 0 Å². The van der Waals surface area contributed by atoms with Crippen molar-refractivity contribution in [2.75, 3.05) is 11.5 Å². The molecule has 5 N–H and O–H groups in total. The summed E-state index contributed by atoms with van der Waals surface area (Å²) < 4.78 is 7.12. The summed E-state index contributed by atoms with van der Waals surface area (Å²) in [5, 5.41) is 30.3. The summed E-state index contributed by atoms with van der Waals surface area (Å²) in [6, 6.07) is 0. The molecule has 0 radical (unpaired) electrons. The minimum absolute atomic E-state index is 0.218. The summed E-state index contributed by atoms with van der Waals surface area (Å²) in [6.45, 7) is 1.88. The smallest absolute Gasteiger partial charge is 0.167 e. The number of anilines is 1. The third-order valence-electron chi connectivity index (χ3n) is 3.55. The molecule has 0 aliphatic carbocycles. The molecule has 1 aliphatic rings. The number of imidazole rings is 1. The van der Waals surface area contributed by atoms with E-state index in [-0.39, 0.29) is 5.82 Å². The van der Waals surface area contributed by atoms with Gasteiger partial charge in [-0.15, -0.1) is 11.8 Å². The molecule has 10 heteroatoms. The van der Waals surface area contributed by atoms with Gasteiger partial charge in [-0.2, -0.15) is 0 Å². The third-order valence-corrected chi connectivity index (χ3v) is 4.50. The molecule has 0 bridgehead atoms. The van der Waals surface area contributed by atoms with Crippen LogP contribution < -0.4 is 5.73 Å². The van der Waals surface area contributed by atoms with E-state index in [0.717, 1.165) is 0 Å². The van der Waals surface area contributed by atoms with Gasteiger partial charge >= 0.3 is 0 Å². The minimum Gasteiger partial charge on any atom is -0.387 e. The average Bonchev–Trinajstić information content (AvgIpc) is 3.03. The Morgan fingerprint density at radius 2 is 2.14 bits per heavy atom.